The molecule has 1 fully saturated rings. The molecule has 0 aromatic heterocycles. The number of nitrogens with one attached hydrogen (secondary N) is 1. The Morgan fingerprint density at radius 1 is 1.40 bits per heavy atom. The smallest absolute Gasteiger partial charge is 0.0490 e. The van der Waals surface area contributed by atoms with Crippen LogP contribution in [-0.4, -0.2) is 27.3 Å². The van der Waals surface area contributed by atoms with E-state index in [2.05, 4.69) is 26.2 Å². The highest BCUT2D eigenvalue weighted by Gasteiger charge is 2.31. The van der Waals surface area contributed by atoms with Gasteiger partial charge in [-0.15, -0.1) is 0 Å². The Hall–Kier alpha value is -0.0800. The van der Waals surface area contributed by atoms with Crippen LogP contribution in [0.15, 0.2) is 0 Å². The fourth-order valence-electron chi connectivity index (χ4n) is 3.09. The lowest BCUT2D eigenvalue weighted by Gasteiger charge is -2.38. The van der Waals surface area contributed by atoms with Crippen molar-refractivity contribution < 1.29 is 4.74 Å². The summed E-state index contributed by atoms with van der Waals surface area (Å²) in [6.45, 7) is 6.82. The SMILES string of the molecule is CNCC1CCC(C)CC1C(C)COC. The Labute approximate surface area is 94.8 Å². The minimum Gasteiger partial charge on any atom is -0.384 e. The Balaban J connectivity index is 2.52. The summed E-state index contributed by atoms with van der Waals surface area (Å²) < 4.78 is 5.30. The molecule has 0 spiro atoms. The average Bonchev–Trinajstić information content (AvgIpc) is 2.21. The minimum absolute atomic E-state index is 0.705. The van der Waals surface area contributed by atoms with Gasteiger partial charge in [0.05, 0.1) is 0 Å². The van der Waals surface area contributed by atoms with Gasteiger partial charge in [0.15, 0.2) is 0 Å². The van der Waals surface area contributed by atoms with Crippen LogP contribution in [0.4, 0.5) is 0 Å². The zero-order valence-electron chi connectivity index (χ0n) is 10.8. The Morgan fingerprint density at radius 3 is 2.73 bits per heavy atom. The molecule has 0 radical (unpaired) electrons. The van der Waals surface area contributed by atoms with Gasteiger partial charge in [0, 0.05) is 13.7 Å². The summed E-state index contributed by atoms with van der Waals surface area (Å²) in [4.78, 5) is 0. The van der Waals surface area contributed by atoms with E-state index >= 15 is 0 Å². The summed E-state index contributed by atoms with van der Waals surface area (Å²) in [6.07, 6.45) is 4.18. The lowest BCUT2D eigenvalue weighted by Crippen LogP contribution is -2.36. The molecule has 0 aromatic rings. The highest BCUT2D eigenvalue weighted by atomic mass is 16.5. The van der Waals surface area contributed by atoms with Crippen LogP contribution in [0.2, 0.25) is 0 Å². The summed E-state index contributed by atoms with van der Waals surface area (Å²) in [5, 5.41) is 3.34. The zero-order valence-corrected chi connectivity index (χ0v) is 10.8. The maximum Gasteiger partial charge on any atom is 0.0490 e. The molecular weight excluding hydrogens is 186 g/mol. The minimum atomic E-state index is 0.705. The van der Waals surface area contributed by atoms with Crippen molar-refractivity contribution in [1.29, 1.82) is 0 Å². The third-order valence-electron chi connectivity index (χ3n) is 3.94. The van der Waals surface area contributed by atoms with Crippen LogP contribution >= 0.6 is 0 Å². The first-order valence-electron chi connectivity index (χ1n) is 6.32. The van der Waals surface area contributed by atoms with Gasteiger partial charge >= 0.3 is 0 Å². The number of hydrogen-bond donors (Lipinski definition) is 1. The summed E-state index contributed by atoms with van der Waals surface area (Å²) in [6, 6.07) is 0. The van der Waals surface area contributed by atoms with Crippen molar-refractivity contribution in [2.24, 2.45) is 23.7 Å². The van der Waals surface area contributed by atoms with Crippen molar-refractivity contribution in [1.82, 2.24) is 5.32 Å². The molecule has 1 saturated carbocycles. The topological polar surface area (TPSA) is 21.3 Å². The molecular formula is C13H27NO. The first-order chi connectivity index (χ1) is 7.19. The number of ether oxygens (including phenoxy) is 1. The van der Waals surface area contributed by atoms with Gasteiger partial charge in [-0.05, 0) is 50.1 Å². The van der Waals surface area contributed by atoms with E-state index in [0.29, 0.717) is 5.92 Å². The van der Waals surface area contributed by atoms with Crippen LogP contribution < -0.4 is 5.32 Å². The average molecular weight is 213 g/mol. The normalized spacial score (nSPS) is 34.0. The third kappa shape index (κ3) is 3.76. The van der Waals surface area contributed by atoms with E-state index in [1.165, 1.54) is 25.8 Å². The summed E-state index contributed by atoms with van der Waals surface area (Å²) in [5.74, 6) is 3.32. The molecule has 1 rings (SSSR count). The van der Waals surface area contributed by atoms with Crippen LogP contribution in [0.3, 0.4) is 0 Å². The van der Waals surface area contributed by atoms with Crippen LogP contribution in [0.5, 0.6) is 0 Å². The van der Waals surface area contributed by atoms with E-state index in [1.54, 1.807) is 0 Å². The maximum atomic E-state index is 5.30. The molecule has 0 bridgehead atoms. The molecule has 1 aliphatic rings. The summed E-state index contributed by atoms with van der Waals surface area (Å²) in [7, 11) is 3.88. The van der Waals surface area contributed by atoms with Gasteiger partial charge in [-0.2, -0.15) is 0 Å². The Kier molecular flexibility index (Phi) is 5.62. The van der Waals surface area contributed by atoms with E-state index in [4.69, 9.17) is 4.74 Å². The number of hydrogen-bond acceptors (Lipinski definition) is 2. The van der Waals surface area contributed by atoms with E-state index in [9.17, 15) is 0 Å². The van der Waals surface area contributed by atoms with Crippen LogP contribution in [0.25, 0.3) is 0 Å². The molecule has 0 aromatic carbocycles. The fourth-order valence-corrected chi connectivity index (χ4v) is 3.09. The lowest BCUT2D eigenvalue weighted by molar-refractivity contribution is 0.0695. The van der Waals surface area contributed by atoms with Crippen molar-refractivity contribution >= 4 is 0 Å². The highest BCUT2D eigenvalue weighted by molar-refractivity contribution is 4.82. The lowest BCUT2D eigenvalue weighted by atomic mass is 9.69. The quantitative estimate of drug-likeness (QED) is 0.758. The van der Waals surface area contributed by atoms with Gasteiger partial charge in [0.2, 0.25) is 0 Å². The van der Waals surface area contributed by atoms with E-state index in [0.717, 1.165) is 24.4 Å². The zero-order chi connectivity index (χ0) is 11.3. The molecule has 0 aliphatic heterocycles. The maximum absolute atomic E-state index is 5.30. The van der Waals surface area contributed by atoms with Gasteiger partial charge in [-0.3, -0.25) is 0 Å². The van der Waals surface area contributed by atoms with E-state index in [1.807, 2.05) is 7.11 Å². The third-order valence-corrected chi connectivity index (χ3v) is 3.94. The van der Waals surface area contributed by atoms with Gasteiger partial charge < -0.3 is 10.1 Å². The molecule has 0 amide bonds. The molecule has 90 valence electrons. The van der Waals surface area contributed by atoms with Gasteiger partial charge in [-0.25, -0.2) is 0 Å². The van der Waals surface area contributed by atoms with Crippen molar-refractivity contribution in [2.75, 3.05) is 27.3 Å². The standard InChI is InChI=1S/C13H27NO/c1-10-5-6-12(8-14-3)13(7-10)11(2)9-15-4/h10-14H,5-9H2,1-4H3. The highest BCUT2D eigenvalue weighted by Crippen LogP contribution is 2.37. The first-order valence-corrected chi connectivity index (χ1v) is 6.32. The Bertz CT molecular complexity index is 172. The monoisotopic (exact) mass is 213 g/mol. The second kappa shape index (κ2) is 6.49. The summed E-state index contributed by atoms with van der Waals surface area (Å²) >= 11 is 0. The number of rotatable bonds is 5. The molecule has 1 aliphatic carbocycles. The largest absolute Gasteiger partial charge is 0.384 e. The number of methoxy groups -OCH3 is 1. The second-order valence-electron chi connectivity index (χ2n) is 5.33. The van der Waals surface area contributed by atoms with Gasteiger partial charge in [0.25, 0.3) is 0 Å². The molecule has 0 heterocycles. The molecule has 1 N–H and O–H groups in total. The summed E-state index contributed by atoms with van der Waals surface area (Å²) in [5.41, 5.74) is 0. The van der Waals surface area contributed by atoms with Crippen molar-refractivity contribution in [3.05, 3.63) is 0 Å². The molecule has 0 saturated heterocycles. The van der Waals surface area contributed by atoms with Gasteiger partial charge in [0.1, 0.15) is 0 Å². The van der Waals surface area contributed by atoms with E-state index < -0.39 is 0 Å². The fraction of sp³-hybridized carbons (Fsp3) is 1.00. The van der Waals surface area contributed by atoms with Crippen LogP contribution in [0, 0.1) is 23.7 Å². The predicted molar refractivity (Wildman–Crippen MR) is 65.0 cm³/mol. The van der Waals surface area contributed by atoms with Gasteiger partial charge in [-0.1, -0.05) is 20.3 Å². The molecule has 15 heavy (non-hydrogen) atoms. The molecule has 4 atom stereocenters. The van der Waals surface area contributed by atoms with Crippen molar-refractivity contribution in [2.45, 2.75) is 33.1 Å². The van der Waals surface area contributed by atoms with Crippen molar-refractivity contribution in [3.63, 3.8) is 0 Å². The Morgan fingerprint density at radius 2 is 2.13 bits per heavy atom. The molecule has 2 nitrogen and oxygen atoms in total. The van der Waals surface area contributed by atoms with Crippen LogP contribution in [0.1, 0.15) is 33.1 Å². The predicted octanol–water partition coefficient (Wildman–Crippen LogP) is 2.54. The molecule has 4 unspecified atom stereocenters. The van der Waals surface area contributed by atoms with E-state index in [-0.39, 0.29) is 0 Å². The first kappa shape index (κ1) is 13.0. The second-order valence-corrected chi connectivity index (χ2v) is 5.33. The molecule has 2 heteroatoms. The van der Waals surface area contributed by atoms with Crippen molar-refractivity contribution in [3.8, 4) is 0 Å². The van der Waals surface area contributed by atoms with Crippen LogP contribution in [-0.2, 0) is 4.74 Å².